The van der Waals surface area contributed by atoms with E-state index in [1.807, 2.05) is 4.90 Å². The fraction of sp³-hybridized carbons (Fsp3) is 0.667. The number of likely N-dealkylation sites (tertiary alicyclic amines) is 1. The van der Waals surface area contributed by atoms with Crippen LogP contribution in [-0.4, -0.2) is 46.3 Å². The summed E-state index contributed by atoms with van der Waals surface area (Å²) in [6.45, 7) is 4.71. The topological polar surface area (TPSA) is 50.2 Å². The van der Waals surface area contributed by atoms with Gasteiger partial charge in [0.25, 0.3) is 5.91 Å². The number of carbonyl (C=O) groups excluding carboxylic acids is 1. The van der Waals surface area contributed by atoms with Crippen molar-refractivity contribution in [3.63, 3.8) is 0 Å². The van der Waals surface area contributed by atoms with Gasteiger partial charge in [0.05, 0.1) is 0 Å². The van der Waals surface area contributed by atoms with E-state index in [1.165, 1.54) is 0 Å². The van der Waals surface area contributed by atoms with Gasteiger partial charge in [-0.3, -0.25) is 9.48 Å². The molecule has 5 nitrogen and oxygen atoms in total. The smallest absolute Gasteiger partial charge is 0.272 e. The minimum absolute atomic E-state index is 0.0904. The first kappa shape index (κ1) is 12.1. The maximum atomic E-state index is 12.3. The molecule has 1 fully saturated rings. The molecule has 0 bridgehead atoms. The van der Waals surface area contributed by atoms with E-state index < -0.39 is 0 Å². The third-order valence-corrected chi connectivity index (χ3v) is 3.24. The van der Waals surface area contributed by atoms with Crippen LogP contribution in [0.5, 0.6) is 0 Å². The van der Waals surface area contributed by atoms with Crippen LogP contribution in [0.1, 0.15) is 30.3 Å². The predicted molar refractivity (Wildman–Crippen MR) is 65.8 cm³/mol. The molecule has 1 aliphatic heterocycles. The van der Waals surface area contributed by atoms with Crippen molar-refractivity contribution in [2.45, 2.75) is 25.8 Å². The second kappa shape index (κ2) is 5.31. The lowest BCUT2D eigenvalue weighted by Gasteiger charge is -2.33. The van der Waals surface area contributed by atoms with Crippen LogP contribution in [0.15, 0.2) is 12.3 Å². The van der Waals surface area contributed by atoms with Crippen LogP contribution >= 0.6 is 0 Å². The van der Waals surface area contributed by atoms with Gasteiger partial charge >= 0.3 is 0 Å². The van der Waals surface area contributed by atoms with E-state index in [-0.39, 0.29) is 5.91 Å². The molecule has 1 unspecified atom stereocenters. The van der Waals surface area contributed by atoms with Crippen molar-refractivity contribution < 1.29 is 4.79 Å². The summed E-state index contributed by atoms with van der Waals surface area (Å²) in [4.78, 5) is 14.2. The molecule has 1 atom stereocenters. The molecule has 1 N–H and O–H groups in total. The third kappa shape index (κ3) is 2.66. The van der Waals surface area contributed by atoms with E-state index in [2.05, 4.69) is 17.3 Å². The molecule has 5 heteroatoms. The third-order valence-electron chi connectivity index (χ3n) is 3.24. The Kier molecular flexibility index (Phi) is 3.78. The largest absolute Gasteiger partial charge is 0.336 e. The zero-order valence-corrected chi connectivity index (χ0v) is 10.5. The number of hydrogen-bond donors (Lipinski definition) is 1. The molecule has 1 saturated heterocycles. The van der Waals surface area contributed by atoms with Crippen LogP contribution in [0.2, 0.25) is 0 Å². The number of nitrogens with one attached hydrogen (secondary N) is 1. The van der Waals surface area contributed by atoms with Crippen LogP contribution in [-0.2, 0) is 7.05 Å². The first-order valence-corrected chi connectivity index (χ1v) is 6.23. The molecule has 1 aromatic rings. The molecule has 0 spiro atoms. The lowest BCUT2D eigenvalue weighted by molar-refractivity contribution is 0.0684. The summed E-state index contributed by atoms with van der Waals surface area (Å²) in [6.07, 6.45) is 3.89. The quantitative estimate of drug-likeness (QED) is 0.837. The van der Waals surface area contributed by atoms with E-state index in [4.69, 9.17) is 0 Å². The first-order chi connectivity index (χ1) is 8.22. The Bertz CT molecular complexity index is 386. The van der Waals surface area contributed by atoms with E-state index in [0.29, 0.717) is 11.7 Å². The zero-order chi connectivity index (χ0) is 12.3. The summed E-state index contributed by atoms with van der Waals surface area (Å²) in [5.74, 6) is 0.0904. The number of amides is 1. The highest BCUT2D eigenvalue weighted by Gasteiger charge is 2.25. The summed E-state index contributed by atoms with van der Waals surface area (Å²) < 4.78 is 1.64. The lowest BCUT2D eigenvalue weighted by atomic mass is 10.1. The Hall–Kier alpha value is -1.36. The van der Waals surface area contributed by atoms with Crippen molar-refractivity contribution in [1.29, 1.82) is 0 Å². The average Bonchev–Trinajstić information content (AvgIpc) is 2.75. The Labute approximate surface area is 102 Å². The van der Waals surface area contributed by atoms with E-state index in [0.717, 1.165) is 32.5 Å². The molecule has 2 heterocycles. The van der Waals surface area contributed by atoms with Gasteiger partial charge in [0.15, 0.2) is 0 Å². The summed E-state index contributed by atoms with van der Waals surface area (Å²) in [5.41, 5.74) is 0.669. The molecule has 17 heavy (non-hydrogen) atoms. The predicted octanol–water partition coefficient (Wildman–Crippen LogP) is 0.634. The van der Waals surface area contributed by atoms with Gasteiger partial charge in [-0.25, -0.2) is 0 Å². The molecule has 1 amide bonds. The van der Waals surface area contributed by atoms with E-state index in [1.54, 1.807) is 24.0 Å². The average molecular weight is 236 g/mol. The molecule has 0 radical (unpaired) electrons. The van der Waals surface area contributed by atoms with Crippen LogP contribution < -0.4 is 5.32 Å². The zero-order valence-electron chi connectivity index (χ0n) is 10.5. The van der Waals surface area contributed by atoms with Gasteiger partial charge in [0, 0.05) is 32.4 Å². The Morgan fingerprint density at radius 1 is 1.65 bits per heavy atom. The van der Waals surface area contributed by atoms with Crippen molar-refractivity contribution >= 4 is 5.91 Å². The van der Waals surface area contributed by atoms with Gasteiger partial charge in [-0.05, 0) is 25.5 Å². The number of likely N-dealkylation sites (N-methyl/N-ethyl adjacent to an activating group) is 1. The van der Waals surface area contributed by atoms with E-state index in [9.17, 15) is 4.79 Å². The van der Waals surface area contributed by atoms with Gasteiger partial charge < -0.3 is 10.2 Å². The minimum Gasteiger partial charge on any atom is -0.336 e. The SMILES string of the molecule is CCNC1CCCN(C(=O)c2ccnn2C)C1. The van der Waals surface area contributed by atoms with Gasteiger partial charge in [0.1, 0.15) is 5.69 Å². The lowest BCUT2D eigenvalue weighted by Crippen LogP contribution is -2.48. The van der Waals surface area contributed by atoms with Crippen molar-refractivity contribution in [1.82, 2.24) is 20.0 Å². The number of hydrogen-bond acceptors (Lipinski definition) is 3. The van der Waals surface area contributed by atoms with Gasteiger partial charge in [-0.2, -0.15) is 5.10 Å². The molecule has 1 aliphatic rings. The summed E-state index contributed by atoms with van der Waals surface area (Å²) in [6, 6.07) is 2.21. The molecule has 0 aromatic carbocycles. The Morgan fingerprint density at radius 2 is 2.47 bits per heavy atom. The molecule has 2 rings (SSSR count). The van der Waals surface area contributed by atoms with Gasteiger partial charge in [-0.1, -0.05) is 6.92 Å². The molecule has 94 valence electrons. The highest BCUT2D eigenvalue weighted by atomic mass is 16.2. The van der Waals surface area contributed by atoms with Crippen LogP contribution in [0.3, 0.4) is 0 Å². The maximum absolute atomic E-state index is 12.3. The summed E-state index contributed by atoms with van der Waals surface area (Å²) >= 11 is 0. The first-order valence-electron chi connectivity index (χ1n) is 6.23. The van der Waals surface area contributed by atoms with Crippen molar-refractivity contribution in [3.05, 3.63) is 18.0 Å². The molecule has 1 aromatic heterocycles. The number of rotatable bonds is 3. The van der Waals surface area contributed by atoms with Crippen LogP contribution in [0.25, 0.3) is 0 Å². The second-order valence-corrected chi connectivity index (χ2v) is 4.49. The minimum atomic E-state index is 0.0904. The molecule has 0 aliphatic carbocycles. The Balaban J connectivity index is 2.02. The normalized spacial score (nSPS) is 20.6. The van der Waals surface area contributed by atoms with E-state index >= 15 is 0 Å². The molecular formula is C12H20N4O. The number of nitrogens with zero attached hydrogens (tertiary/aromatic N) is 3. The summed E-state index contributed by atoms with van der Waals surface area (Å²) in [5, 5.41) is 7.45. The standard InChI is InChI=1S/C12H20N4O/c1-3-13-10-5-4-8-16(9-10)12(17)11-6-7-14-15(11)2/h6-7,10,13H,3-5,8-9H2,1-2H3. The maximum Gasteiger partial charge on any atom is 0.272 e. The van der Waals surface area contributed by atoms with Crippen molar-refractivity contribution in [2.24, 2.45) is 7.05 Å². The summed E-state index contributed by atoms with van der Waals surface area (Å²) in [7, 11) is 1.80. The highest BCUT2D eigenvalue weighted by Crippen LogP contribution is 2.13. The fourth-order valence-corrected chi connectivity index (χ4v) is 2.36. The molecule has 0 saturated carbocycles. The Morgan fingerprint density at radius 3 is 3.12 bits per heavy atom. The number of carbonyl (C=O) groups is 1. The number of aromatic nitrogens is 2. The second-order valence-electron chi connectivity index (χ2n) is 4.49. The highest BCUT2D eigenvalue weighted by molar-refractivity contribution is 5.92. The van der Waals surface area contributed by atoms with Gasteiger partial charge in [-0.15, -0.1) is 0 Å². The molecular weight excluding hydrogens is 216 g/mol. The number of piperidine rings is 1. The van der Waals surface area contributed by atoms with Crippen LogP contribution in [0, 0.1) is 0 Å². The van der Waals surface area contributed by atoms with Gasteiger partial charge in [0.2, 0.25) is 0 Å². The number of aryl methyl sites for hydroxylation is 1. The van der Waals surface area contributed by atoms with Crippen molar-refractivity contribution in [2.75, 3.05) is 19.6 Å². The monoisotopic (exact) mass is 236 g/mol. The van der Waals surface area contributed by atoms with Crippen molar-refractivity contribution in [3.8, 4) is 0 Å². The fourth-order valence-electron chi connectivity index (χ4n) is 2.36. The van der Waals surface area contributed by atoms with Crippen LogP contribution in [0.4, 0.5) is 0 Å².